The Bertz CT molecular complexity index is 1150. The maximum Gasteiger partial charge on any atom is 0.233 e. The van der Waals surface area contributed by atoms with Crippen molar-refractivity contribution in [2.45, 2.75) is 13.0 Å². The molecule has 0 saturated heterocycles. The SMILES string of the molecule is COc1ccc(OC)c2sc(N(Cc3ccccc3)C(=O)Cc3ccc(F)cc3)nc12. The van der Waals surface area contributed by atoms with Crippen molar-refractivity contribution in [3.63, 3.8) is 0 Å². The third kappa shape index (κ3) is 4.51. The zero-order valence-corrected chi connectivity index (χ0v) is 18.0. The minimum Gasteiger partial charge on any atom is -0.495 e. The van der Waals surface area contributed by atoms with Crippen LogP contribution >= 0.6 is 11.3 Å². The number of fused-ring (bicyclic) bond motifs is 1. The van der Waals surface area contributed by atoms with Crippen LogP contribution < -0.4 is 14.4 Å². The van der Waals surface area contributed by atoms with Gasteiger partial charge in [0.05, 0.1) is 27.2 Å². The van der Waals surface area contributed by atoms with Crippen LogP contribution in [0.2, 0.25) is 0 Å². The van der Waals surface area contributed by atoms with Gasteiger partial charge in [-0.1, -0.05) is 53.8 Å². The van der Waals surface area contributed by atoms with Gasteiger partial charge in [-0.15, -0.1) is 0 Å². The van der Waals surface area contributed by atoms with Crippen LogP contribution in [0.1, 0.15) is 11.1 Å². The third-order valence-electron chi connectivity index (χ3n) is 4.88. The summed E-state index contributed by atoms with van der Waals surface area (Å²) in [6.07, 6.45) is 0.136. The van der Waals surface area contributed by atoms with Crippen LogP contribution in [0.25, 0.3) is 10.2 Å². The number of rotatable bonds is 7. The molecule has 0 atom stereocenters. The maximum atomic E-state index is 13.3. The average molecular weight is 437 g/mol. The Morgan fingerprint density at radius 1 is 0.935 bits per heavy atom. The predicted octanol–water partition coefficient (Wildman–Crippen LogP) is 5.23. The molecule has 31 heavy (non-hydrogen) atoms. The van der Waals surface area contributed by atoms with Gasteiger partial charge >= 0.3 is 0 Å². The van der Waals surface area contributed by atoms with Gasteiger partial charge < -0.3 is 9.47 Å². The molecule has 1 aromatic heterocycles. The molecule has 1 heterocycles. The first-order chi connectivity index (χ1) is 15.1. The van der Waals surface area contributed by atoms with E-state index in [1.807, 2.05) is 36.4 Å². The minimum atomic E-state index is -0.331. The highest BCUT2D eigenvalue weighted by atomic mass is 32.1. The molecule has 3 aromatic carbocycles. The summed E-state index contributed by atoms with van der Waals surface area (Å²) < 4.78 is 25.0. The number of anilines is 1. The predicted molar refractivity (Wildman–Crippen MR) is 120 cm³/mol. The van der Waals surface area contributed by atoms with Gasteiger partial charge in [-0.3, -0.25) is 9.69 Å². The number of hydrogen-bond acceptors (Lipinski definition) is 5. The number of hydrogen-bond donors (Lipinski definition) is 0. The van der Waals surface area contributed by atoms with Crippen molar-refractivity contribution in [3.05, 3.63) is 83.7 Å². The van der Waals surface area contributed by atoms with Crippen LogP contribution in [-0.2, 0) is 17.8 Å². The Morgan fingerprint density at radius 2 is 1.61 bits per heavy atom. The van der Waals surface area contributed by atoms with Crippen LogP contribution in [0.4, 0.5) is 9.52 Å². The molecule has 7 heteroatoms. The Morgan fingerprint density at radius 3 is 2.29 bits per heavy atom. The maximum absolute atomic E-state index is 13.3. The van der Waals surface area contributed by atoms with Gasteiger partial charge in [-0.05, 0) is 35.4 Å². The van der Waals surface area contributed by atoms with Crippen LogP contribution in [0, 0.1) is 5.82 Å². The van der Waals surface area contributed by atoms with Crippen molar-refractivity contribution in [1.82, 2.24) is 4.98 Å². The highest BCUT2D eigenvalue weighted by Gasteiger charge is 2.23. The second-order valence-corrected chi connectivity index (χ2v) is 7.89. The summed E-state index contributed by atoms with van der Waals surface area (Å²) in [6.45, 7) is 0.366. The molecule has 0 unspecified atom stereocenters. The Kier molecular flexibility index (Phi) is 6.13. The van der Waals surface area contributed by atoms with Crippen LogP contribution in [0.15, 0.2) is 66.7 Å². The van der Waals surface area contributed by atoms with Gasteiger partial charge in [0.15, 0.2) is 5.13 Å². The first-order valence-electron chi connectivity index (χ1n) is 9.69. The largest absolute Gasteiger partial charge is 0.495 e. The summed E-state index contributed by atoms with van der Waals surface area (Å²) in [4.78, 5) is 19.7. The van der Waals surface area contributed by atoms with Gasteiger partial charge in [0.2, 0.25) is 5.91 Å². The van der Waals surface area contributed by atoms with E-state index in [1.165, 1.54) is 23.5 Å². The van der Waals surface area contributed by atoms with E-state index in [9.17, 15) is 9.18 Å². The number of carbonyl (C=O) groups is 1. The van der Waals surface area contributed by atoms with Gasteiger partial charge in [0.25, 0.3) is 0 Å². The number of nitrogens with zero attached hydrogens (tertiary/aromatic N) is 2. The van der Waals surface area contributed by atoms with Crippen molar-refractivity contribution in [3.8, 4) is 11.5 Å². The second-order valence-electron chi connectivity index (χ2n) is 6.91. The average Bonchev–Trinajstić information content (AvgIpc) is 3.24. The monoisotopic (exact) mass is 436 g/mol. The van der Waals surface area contributed by atoms with Gasteiger partial charge in [-0.25, -0.2) is 9.37 Å². The number of methoxy groups -OCH3 is 2. The molecule has 4 aromatic rings. The van der Waals surface area contributed by atoms with Gasteiger partial charge in [0.1, 0.15) is 27.5 Å². The lowest BCUT2D eigenvalue weighted by atomic mass is 10.1. The minimum absolute atomic E-state index is 0.132. The van der Waals surface area contributed by atoms with Crippen LogP contribution in [-0.4, -0.2) is 25.1 Å². The normalized spacial score (nSPS) is 10.8. The standard InChI is InChI=1S/C24H21FN2O3S/c1-29-19-12-13-20(30-2)23-22(19)26-24(31-23)27(15-17-6-4-3-5-7-17)21(28)14-16-8-10-18(25)11-9-16/h3-13H,14-15H2,1-2H3. The van der Waals surface area contributed by atoms with E-state index in [0.717, 1.165) is 15.8 Å². The smallest absolute Gasteiger partial charge is 0.233 e. The molecule has 4 rings (SSSR count). The number of amides is 1. The fourth-order valence-corrected chi connectivity index (χ4v) is 4.38. The van der Waals surface area contributed by atoms with Gasteiger partial charge in [-0.2, -0.15) is 0 Å². The van der Waals surface area contributed by atoms with E-state index in [0.29, 0.717) is 28.7 Å². The first kappa shape index (κ1) is 20.8. The molecule has 0 radical (unpaired) electrons. The van der Waals surface area contributed by atoms with Gasteiger partial charge in [0, 0.05) is 0 Å². The molecule has 0 fully saturated rings. The summed E-state index contributed by atoms with van der Waals surface area (Å²) in [5.41, 5.74) is 2.36. The lowest BCUT2D eigenvalue weighted by Crippen LogP contribution is -2.31. The summed E-state index contributed by atoms with van der Waals surface area (Å²) in [5.74, 6) is 0.823. The van der Waals surface area contributed by atoms with Crippen LogP contribution in [0.5, 0.6) is 11.5 Å². The first-order valence-corrected chi connectivity index (χ1v) is 10.5. The lowest BCUT2D eigenvalue weighted by Gasteiger charge is -2.20. The van der Waals surface area contributed by atoms with Crippen molar-refractivity contribution >= 4 is 32.6 Å². The molecule has 0 aliphatic heterocycles. The third-order valence-corrected chi connectivity index (χ3v) is 5.98. The molecule has 5 nitrogen and oxygen atoms in total. The van der Waals surface area contributed by atoms with Crippen molar-refractivity contribution in [2.24, 2.45) is 0 Å². The van der Waals surface area contributed by atoms with E-state index < -0.39 is 0 Å². The highest BCUT2D eigenvalue weighted by molar-refractivity contribution is 7.22. The number of benzene rings is 3. The number of halogens is 1. The van der Waals surface area contributed by atoms with Crippen molar-refractivity contribution in [2.75, 3.05) is 19.1 Å². The molecule has 0 saturated carbocycles. The van der Waals surface area contributed by atoms with E-state index in [-0.39, 0.29) is 18.1 Å². The van der Waals surface area contributed by atoms with E-state index in [2.05, 4.69) is 0 Å². The van der Waals surface area contributed by atoms with E-state index in [1.54, 1.807) is 37.3 Å². The lowest BCUT2D eigenvalue weighted by molar-refractivity contribution is -0.118. The van der Waals surface area contributed by atoms with Crippen molar-refractivity contribution in [1.29, 1.82) is 0 Å². The Hall–Kier alpha value is -3.45. The summed E-state index contributed by atoms with van der Waals surface area (Å²) >= 11 is 1.38. The molecule has 0 spiro atoms. The highest BCUT2D eigenvalue weighted by Crippen LogP contribution is 2.40. The second kappa shape index (κ2) is 9.14. The fourth-order valence-electron chi connectivity index (χ4n) is 3.29. The number of carbonyl (C=O) groups excluding carboxylic acids is 1. The molecular formula is C24H21FN2O3S. The van der Waals surface area contributed by atoms with E-state index >= 15 is 0 Å². The molecule has 1 amide bonds. The Labute approximate surface area is 183 Å². The summed E-state index contributed by atoms with van der Waals surface area (Å²) in [5, 5.41) is 0.550. The fraction of sp³-hybridized carbons (Fsp3) is 0.167. The molecule has 158 valence electrons. The zero-order valence-electron chi connectivity index (χ0n) is 17.2. The topological polar surface area (TPSA) is 51.7 Å². The number of ether oxygens (including phenoxy) is 2. The van der Waals surface area contributed by atoms with Crippen LogP contribution in [0.3, 0.4) is 0 Å². The van der Waals surface area contributed by atoms with Crippen molar-refractivity contribution < 1.29 is 18.7 Å². The zero-order chi connectivity index (χ0) is 21.8. The molecular weight excluding hydrogens is 415 g/mol. The molecule has 0 N–H and O–H groups in total. The quantitative estimate of drug-likeness (QED) is 0.398. The number of thiazole rings is 1. The summed E-state index contributed by atoms with van der Waals surface area (Å²) in [7, 11) is 3.18. The summed E-state index contributed by atoms with van der Waals surface area (Å²) in [6, 6.07) is 19.3. The number of aromatic nitrogens is 1. The molecule has 0 aliphatic carbocycles. The van der Waals surface area contributed by atoms with E-state index in [4.69, 9.17) is 14.5 Å². The molecule has 0 aliphatic rings. The molecule has 0 bridgehead atoms. The Balaban J connectivity index is 1.74.